The molecular weight excluding hydrogens is 366 g/mol. The van der Waals surface area contributed by atoms with Crippen molar-refractivity contribution in [2.24, 2.45) is 11.7 Å². The molecule has 0 aliphatic carbocycles. The number of sulfonamides is 1. The van der Waals surface area contributed by atoms with E-state index in [0.29, 0.717) is 38.0 Å². The van der Waals surface area contributed by atoms with E-state index >= 15 is 0 Å². The monoisotopic (exact) mass is 393 g/mol. The first-order valence-corrected chi connectivity index (χ1v) is 11.0. The van der Waals surface area contributed by atoms with Crippen LogP contribution in [0, 0.1) is 5.92 Å². The highest BCUT2D eigenvalue weighted by Crippen LogP contribution is 2.23. The van der Waals surface area contributed by atoms with Crippen LogP contribution in [0.15, 0.2) is 29.2 Å². The maximum absolute atomic E-state index is 13.0. The van der Waals surface area contributed by atoms with Gasteiger partial charge >= 0.3 is 0 Å². The predicted octanol–water partition coefficient (Wildman–Crippen LogP) is 1.59. The fourth-order valence-corrected chi connectivity index (χ4v) is 5.36. The summed E-state index contributed by atoms with van der Waals surface area (Å²) in [5.74, 6) is -0.995. The molecule has 2 heterocycles. The Morgan fingerprint density at radius 3 is 2.37 bits per heavy atom. The molecule has 0 aromatic heterocycles. The van der Waals surface area contributed by atoms with E-state index in [1.54, 1.807) is 23.1 Å². The summed E-state index contributed by atoms with van der Waals surface area (Å²) in [6.45, 7) is 1.88. The number of benzene rings is 1. The number of hydrogen-bond donors (Lipinski definition) is 1. The van der Waals surface area contributed by atoms with Crippen molar-refractivity contribution in [3.05, 3.63) is 29.8 Å². The van der Waals surface area contributed by atoms with Gasteiger partial charge < -0.3 is 10.6 Å². The number of rotatable bonds is 4. The molecule has 2 aliphatic rings. The Morgan fingerprint density at radius 1 is 1.00 bits per heavy atom. The second-order valence-electron chi connectivity index (χ2n) is 7.34. The van der Waals surface area contributed by atoms with Gasteiger partial charge in [0.2, 0.25) is 15.9 Å². The van der Waals surface area contributed by atoms with Crippen molar-refractivity contribution in [3.8, 4) is 0 Å². The third-order valence-electron chi connectivity index (χ3n) is 5.39. The average Bonchev–Trinajstić information content (AvgIpc) is 2.97. The van der Waals surface area contributed by atoms with Gasteiger partial charge in [-0.15, -0.1) is 0 Å². The molecule has 8 heteroatoms. The van der Waals surface area contributed by atoms with Crippen LogP contribution >= 0.6 is 0 Å². The van der Waals surface area contributed by atoms with E-state index in [9.17, 15) is 18.0 Å². The Hall–Kier alpha value is -1.93. The smallest absolute Gasteiger partial charge is 0.253 e. The van der Waals surface area contributed by atoms with E-state index < -0.39 is 15.9 Å². The van der Waals surface area contributed by atoms with Crippen LogP contribution in [-0.4, -0.2) is 55.6 Å². The van der Waals surface area contributed by atoms with Gasteiger partial charge in [0.05, 0.1) is 10.8 Å². The lowest BCUT2D eigenvalue weighted by Crippen LogP contribution is -2.44. The topological polar surface area (TPSA) is 101 Å². The second kappa shape index (κ2) is 8.39. The highest BCUT2D eigenvalue weighted by Gasteiger charge is 2.29. The molecule has 0 spiro atoms. The molecule has 27 heavy (non-hydrogen) atoms. The summed E-state index contributed by atoms with van der Waals surface area (Å²) in [6, 6.07) is 6.22. The largest absolute Gasteiger partial charge is 0.369 e. The normalized spacial score (nSPS) is 22.2. The van der Waals surface area contributed by atoms with Crippen LogP contribution < -0.4 is 5.73 Å². The minimum Gasteiger partial charge on any atom is -0.369 e. The van der Waals surface area contributed by atoms with Crippen LogP contribution in [0.25, 0.3) is 0 Å². The van der Waals surface area contributed by atoms with E-state index in [0.717, 1.165) is 25.7 Å². The molecule has 148 valence electrons. The number of carbonyl (C=O) groups excluding carboxylic acids is 2. The molecule has 2 amide bonds. The number of nitrogens with two attached hydrogens (primary N) is 1. The van der Waals surface area contributed by atoms with E-state index in [2.05, 4.69) is 0 Å². The molecule has 1 aromatic carbocycles. The van der Waals surface area contributed by atoms with Gasteiger partial charge in [-0.1, -0.05) is 18.9 Å². The molecule has 7 nitrogen and oxygen atoms in total. The van der Waals surface area contributed by atoms with Gasteiger partial charge in [-0.05, 0) is 43.9 Å². The van der Waals surface area contributed by atoms with E-state index in [4.69, 9.17) is 5.73 Å². The minimum absolute atomic E-state index is 0.152. The molecule has 2 N–H and O–H groups in total. The zero-order valence-electron chi connectivity index (χ0n) is 15.5. The lowest BCUT2D eigenvalue weighted by Gasteiger charge is -2.31. The van der Waals surface area contributed by atoms with E-state index in [1.807, 2.05) is 0 Å². The maximum Gasteiger partial charge on any atom is 0.253 e. The van der Waals surface area contributed by atoms with Gasteiger partial charge in [0.25, 0.3) is 5.91 Å². The first-order valence-electron chi connectivity index (χ1n) is 9.58. The molecule has 2 fully saturated rings. The van der Waals surface area contributed by atoms with Gasteiger partial charge in [-0.2, -0.15) is 4.31 Å². The van der Waals surface area contributed by atoms with E-state index in [-0.39, 0.29) is 23.3 Å². The Morgan fingerprint density at radius 2 is 1.70 bits per heavy atom. The van der Waals surface area contributed by atoms with Crippen LogP contribution in [-0.2, 0) is 14.8 Å². The minimum atomic E-state index is -3.61. The molecule has 1 aromatic rings. The summed E-state index contributed by atoms with van der Waals surface area (Å²) in [7, 11) is -3.61. The summed E-state index contributed by atoms with van der Waals surface area (Å²) < 4.78 is 27.5. The molecule has 0 radical (unpaired) electrons. The zero-order valence-corrected chi connectivity index (χ0v) is 16.3. The zero-order chi connectivity index (χ0) is 19.4. The first kappa shape index (κ1) is 19.8. The number of likely N-dealkylation sites (tertiary alicyclic amines) is 1. The van der Waals surface area contributed by atoms with Crippen LogP contribution in [0.2, 0.25) is 0 Å². The van der Waals surface area contributed by atoms with Crippen molar-refractivity contribution in [1.29, 1.82) is 0 Å². The Labute approximate surface area is 160 Å². The fourth-order valence-electron chi connectivity index (χ4n) is 3.80. The first-order chi connectivity index (χ1) is 12.9. The Bertz CT molecular complexity index is 801. The van der Waals surface area contributed by atoms with Crippen LogP contribution in [0.3, 0.4) is 0 Å². The number of primary amides is 1. The molecule has 0 saturated carbocycles. The summed E-state index contributed by atoms with van der Waals surface area (Å²) in [6.07, 6.45) is 5.20. The molecular formula is C19H27N3O4S. The van der Waals surface area contributed by atoms with E-state index in [1.165, 1.54) is 10.4 Å². The summed E-state index contributed by atoms with van der Waals surface area (Å²) in [5.41, 5.74) is 5.71. The molecule has 0 bridgehead atoms. The number of nitrogens with zero attached hydrogens (tertiary/aromatic N) is 2. The van der Waals surface area contributed by atoms with Crippen molar-refractivity contribution in [3.63, 3.8) is 0 Å². The van der Waals surface area contributed by atoms with Crippen molar-refractivity contribution in [2.45, 2.75) is 43.4 Å². The summed E-state index contributed by atoms with van der Waals surface area (Å²) in [5, 5.41) is 0. The lowest BCUT2D eigenvalue weighted by molar-refractivity contribution is -0.123. The van der Waals surface area contributed by atoms with Gasteiger partial charge in [0.1, 0.15) is 0 Å². The third kappa shape index (κ3) is 4.50. The highest BCUT2D eigenvalue weighted by molar-refractivity contribution is 7.89. The maximum atomic E-state index is 13.0. The van der Waals surface area contributed by atoms with Gasteiger partial charge in [-0.3, -0.25) is 9.59 Å². The third-order valence-corrected chi connectivity index (χ3v) is 7.29. The molecule has 3 rings (SSSR count). The lowest BCUT2D eigenvalue weighted by atomic mass is 9.97. The molecule has 0 unspecified atom stereocenters. The quantitative estimate of drug-likeness (QED) is 0.839. The van der Waals surface area contributed by atoms with Crippen molar-refractivity contribution >= 4 is 21.8 Å². The molecule has 2 aliphatic heterocycles. The van der Waals surface area contributed by atoms with Crippen LogP contribution in [0.4, 0.5) is 0 Å². The highest BCUT2D eigenvalue weighted by atomic mass is 32.2. The SMILES string of the molecule is NC(=O)[C@H]1CCCN(C(=O)c2cccc(S(=O)(=O)N3CCCCCC3)c2)C1. The average molecular weight is 394 g/mol. The predicted molar refractivity (Wildman–Crippen MR) is 101 cm³/mol. The van der Waals surface area contributed by atoms with Gasteiger partial charge in [-0.25, -0.2) is 8.42 Å². The van der Waals surface area contributed by atoms with Crippen molar-refractivity contribution in [2.75, 3.05) is 26.2 Å². The number of carbonyl (C=O) groups is 2. The Kier molecular flexibility index (Phi) is 6.16. The van der Waals surface area contributed by atoms with Crippen molar-refractivity contribution < 1.29 is 18.0 Å². The number of hydrogen-bond acceptors (Lipinski definition) is 4. The van der Waals surface area contributed by atoms with Crippen LogP contribution in [0.5, 0.6) is 0 Å². The standard InChI is InChI=1S/C19H27N3O4S/c20-18(23)16-8-6-10-21(14-16)19(24)15-7-5-9-17(13-15)27(25,26)22-11-3-1-2-4-12-22/h5,7,9,13,16H,1-4,6,8,10-12,14H2,(H2,20,23)/t16-/m0/s1. The Balaban J connectivity index is 1.80. The fraction of sp³-hybridized carbons (Fsp3) is 0.579. The summed E-state index contributed by atoms with van der Waals surface area (Å²) in [4.78, 5) is 26.0. The van der Waals surface area contributed by atoms with Crippen molar-refractivity contribution in [1.82, 2.24) is 9.21 Å². The second-order valence-corrected chi connectivity index (χ2v) is 9.28. The summed E-state index contributed by atoms with van der Waals surface area (Å²) >= 11 is 0. The molecule has 1 atom stereocenters. The number of piperidine rings is 1. The van der Waals surface area contributed by atoms with Crippen LogP contribution in [0.1, 0.15) is 48.9 Å². The van der Waals surface area contributed by atoms with Gasteiger partial charge in [0, 0.05) is 31.7 Å². The molecule has 2 saturated heterocycles. The number of amides is 2. The van der Waals surface area contributed by atoms with Gasteiger partial charge in [0.15, 0.2) is 0 Å².